The molecule has 0 aliphatic carbocycles. The molecule has 3 aromatic heterocycles. The summed E-state index contributed by atoms with van der Waals surface area (Å²) in [5.74, 6) is 0.929. The fourth-order valence-corrected chi connectivity index (χ4v) is 9.58. The van der Waals surface area contributed by atoms with Crippen LogP contribution in [0, 0.1) is 6.92 Å². The molecule has 1 atom stereocenters. The molecule has 3 N–H and O–H groups in total. The summed E-state index contributed by atoms with van der Waals surface area (Å²) in [5.41, 5.74) is 9.42. The fourth-order valence-electron chi connectivity index (χ4n) is 9.58. The molecule has 3 amide bonds. The lowest BCUT2D eigenvalue weighted by Crippen LogP contribution is -2.51. The van der Waals surface area contributed by atoms with E-state index in [0.29, 0.717) is 55.9 Å². The first-order valence-electron chi connectivity index (χ1n) is 21.9. The second-order valence-corrected chi connectivity index (χ2v) is 17.2. The quantitative estimate of drug-likeness (QED) is 0.172. The molecule has 16 nitrogen and oxygen atoms in total. The summed E-state index contributed by atoms with van der Waals surface area (Å²) in [7, 11) is 1.73. The number of likely N-dealkylation sites (tertiary alicyclic amines) is 1. The molecule has 7 heterocycles. The van der Waals surface area contributed by atoms with E-state index < -0.39 is 11.9 Å². The van der Waals surface area contributed by atoms with E-state index in [-0.39, 0.29) is 23.9 Å². The van der Waals surface area contributed by atoms with Crippen LogP contribution in [0.5, 0.6) is 5.88 Å². The van der Waals surface area contributed by atoms with E-state index in [1.54, 1.807) is 11.6 Å². The molecular weight excluding hydrogens is 799 g/mol. The van der Waals surface area contributed by atoms with Crippen LogP contribution >= 0.6 is 0 Å². The number of carbonyl (C=O) groups excluding carboxylic acids is 3. The van der Waals surface area contributed by atoms with E-state index in [4.69, 9.17) is 9.72 Å². The topological polar surface area (TPSA) is 172 Å². The minimum atomic E-state index is -0.700. The van der Waals surface area contributed by atoms with Crippen LogP contribution in [0.4, 0.5) is 17.3 Å². The Kier molecular flexibility index (Phi) is 10.8. The first-order valence-corrected chi connectivity index (χ1v) is 21.9. The number of anilines is 3. The van der Waals surface area contributed by atoms with Crippen molar-refractivity contribution in [2.45, 2.75) is 51.1 Å². The van der Waals surface area contributed by atoms with Crippen molar-refractivity contribution in [2.24, 2.45) is 7.05 Å². The number of piperidine rings is 2. The maximum atomic E-state index is 13.4. The van der Waals surface area contributed by atoms with Gasteiger partial charge in [0.05, 0.1) is 23.1 Å². The Balaban J connectivity index is 0.690. The Morgan fingerprint density at radius 3 is 2.48 bits per heavy atom. The average Bonchev–Trinajstić information content (AvgIpc) is 3.55. The van der Waals surface area contributed by atoms with Gasteiger partial charge in [0.1, 0.15) is 18.3 Å². The van der Waals surface area contributed by atoms with Gasteiger partial charge in [0.15, 0.2) is 0 Å². The van der Waals surface area contributed by atoms with Gasteiger partial charge in [-0.25, -0.2) is 19.7 Å². The number of piperazine rings is 1. The van der Waals surface area contributed by atoms with Gasteiger partial charge in [-0.3, -0.25) is 38.6 Å². The zero-order valence-corrected chi connectivity index (χ0v) is 35.6. The molecule has 6 aromatic rings. The van der Waals surface area contributed by atoms with Crippen molar-refractivity contribution in [3.63, 3.8) is 0 Å². The minimum absolute atomic E-state index is 0.181. The van der Waals surface area contributed by atoms with Gasteiger partial charge in [-0.2, -0.15) is 0 Å². The number of hydrogen-bond acceptors (Lipinski definition) is 12. The number of aryl methyl sites for hydroxylation is 1. The number of imidazole rings is 1. The van der Waals surface area contributed by atoms with Gasteiger partial charge >= 0.3 is 5.69 Å². The van der Waals surface area contributed by atoms with Gasteiger partial charge in [-0.1, -0.05) is 30.3 Å². The molecule has 0 spiro atoms. The van der Waals surface area contributed by atoms with Crippen LogP contribution in [0.1, 0.15) is 54.3 Å². The van der Waals surface area contributed by atoms with Gasteiger partial charge < -0.3 is 20.3 Å². The molecule has 4 aliphatic heterocycles. The number of aromatic nitrogens is 5. The SMILES string of the molecule is Cc1c(-c2ccc3cnc(Nc4ccc(CN5CCN(C(=O)CN6CCC(c7ccc8c(c7)n(C)c(=O)n8C7CCC(=O)NC7=O)CC6)CC5)cc4)nc3c2)cnc2c1NCCO2. The predicted octanol–water partition coefficient (Wildman–Crippen LogP) is 4.70. The first-order chi connectivity index (χ1) is 30.6. The van der Waals surface area contributed by atoms with E-state index >= 15 is 0 Å². The number of imide groups is 1. The van der Waals surface area contributed by atoms with Crippen molar-refractivity contribution in [1.29, 1.82) is 0 Å². The maximum Gasteiger partial charge on any atom is 0.329 e. The molecular formula is C47H51N11O5. The Morgan fingerprint density at radius 1 is 0.873 bits per heavy atom. The third kappa shape index (κ3) is 8.11. The summed E-state index contributed by atoms with van der Waals surface area (Å²) in [4.78, 5) is 71.6. The normalized spacial score (nSPS) is 18.8. The monoisotopic (exact) mass is 849 g/mol. The van der Waals surface area contributed by atoms with Crippen LogP contribution in [-0.4, -0.2) is 115 Å². The van der Waals surface area contributed by atoms with Gasteiger partial charge in [0.25, 0.3) is 0 Å². The van der Waals surface area contributed by atoms with Crippen molar-refractivity contribution in [2.75, 3.05) is 69.6 Å². The van der Waals surface area contributed by atoms with Crippen molar-refractivity contribution in [3.05, 3.63) is 100 Å². The number of benzene rings is 3. The van der Waals surface area contributed by atoms with Crippen LogP contribution in [0.25, 0.3) is 33.1 Å². The lowest BCUT2D eigenvalue weighted by atomic mass is 9.89. The number of nitrogens with one attached hydrogen (secondary N) is 3. The standard InChI is InChI=1S/C47H51N11O5/c1-29-36(26-49-45-43(29)48-15-22-63-45)33-5-6-34-25-50-46(52-37(34)23-33)51-35-8-3-30(4-9-35)27-56-18-20-57(21-19-56)42(60)28-55-16-13-31(14-17-55)32-7-10-38-40(24-32)54(2)47(62)58(38)39-11-12-41(59)53-44(39)61/h3-10,23-26,31,39,48H,11-22,27-28H2,1-2H3,(H,50,51,52)(H,53,59,61). The zero-order chi connectivity index (χ0) is 43.2. The largest absolute Gasteiger partial charge is 0.474 e. The Hall–Kier alpha value is -6.65. The highest BCUT2D eigenvalue weighted by atomic mass is 16.5. The molecule has 10 rings (SSSR count). The number of rotatable bonds is 9. The summed E-state index contributed by atoms with van der Waals surface area (Å²) < 4.78 is 8.83. The molecule has 3 aromatic carbocycles. The summed E-state index contributed by atoms with van der Waals surface area (Å²) >= 11 is 0. The smallest absolute Gasteiger partial charge is 0.329 e. The lowest BCUT2D eigenvalue weighted by Gasteiger charge is -2.37. The number of amides is 3. The highest BCUT2D eigenvalue weighted by molar-refractivity contribution is 6.00. The van der Waals surface area contributed by atoms with Gasteiger partial charge in [0, 0.05) is 81.8 Å². The zero-order valence-electron chi connectivity index (χ0n) is 35.6. The molecule has 4 aliphatic rings. The fraction of sp³-hybridized carbons (Fsp3) is 0.383. The van der Waals surface area contributed by atoms with E-state index in [2.05, 4.69) is 91.2 Å². The molecule has 324 valence electrons. The van der Waals surface area contributed by atoms with Crippen LogP contribution in [-0.2, 0) is 28.0 Å². The van der Waals surface area contributed by atoms with Crippen LogP contribution in [0.2, 0.25) is 0 Å². The molecule has 0 radical (unpaired) electrons. The number of fused-ring (bicyclic) bond motifs is 3. The maximum absolute atomic E-state index is 13.4. The van der Waals surface area contributed by atoms with Crippen molar-refractivity contribution >= 4 is 57.0 Å². The summed E-state index contributed by atoms with van der Waals surface area (Å²) in [5, 5.41) is 10.1. The first kappa shape index (κ1) is 40.4. The van der Waals surface area contributed by atoms with Gasteiger partial charge in [-0.15, -0.1) is 0 Å². The third-order valence-electron chi connectivity index (χ3n) is 13.2. The van der Waals surface area contributed by atoms with E-state index in [1.165, 1.54) is 10.1 Å². The molecule has 16 heteroatoms. The summed E-state index contributed by atoms with van der Waals surface area (Å²) in [6.07, 6.45) is 6.06. The predicted molar refractivity (Wildman–Crippen MR) is 240 cm³/mol. The number of pyridine rings is 1. The molecule has 1 unspecified atom stereocenters. The van der Waals surface area contributed by atoms with E-state index in [0.717, 1.165) is 102 Å². The highest BCUT2D eigenvalue weighted by Crippen LogP contribution is 2.36. The van der Waals surface area contributed by atoms with Gasteiger partial charge in [0.2, 0.25) is 29.5 Å². The van der Waals surface area contributed by atoms with Crippen molar-refractivity contribution < 1.29 is 19.1 Å². The number of carbonyl (C=O) groups is 3. The Bertz CT molecular complexity index is 2800. The van der Waals surface area contributed by atoms with E-state index in [9.17, 15) is 19.2 Å². The Morgan fingerprint density at radius 2 is 1.68 bits per heavy atom. The minimum Gasteiger partial charge on any atom is -0.474 e. The second-order valence-electron chi connectivity index (χ2n) is 17.2. The highest BCUT2D eigenvalue weighted by Gasteiger charge is 2.32. The second kappa shape index (κ2) is 16.9. The average molecular weight is 850 g/mol. The van der Waals surface area contributed by atoms with E-state index in [1.807, 2.05) is 29.4 Å². The van der Waals surface area contributed by atoms with Crippen LogP contribution in [0.3, 0.4) is 0 Å². The molecule has 0 bridgehead atoms. The van der Waals surface area contributed by atoms with Crippen molar-refractivity contribution in [3.8, 4) is 17.0 Å². The number of ether oxygens (including phenoxy) is 1. The van der Waals surface area contributed by atoms with Crippen LogP contribution in [0.15, 0.2) is 77.9 Å². The van der Waals surface area contributed by atoms with Crippen molar-refractivity contribution in [1.82, 2.24) is 44.1 Å². The number of hydrogen-bond donors (Lipinski definition) is 3. The molecule has 3 fully saturated rings. The number of nitrogens with zero attached hydrogens (tertiary/aromatic N) is 8. The molecule has 0 saturated carbocycles. The molecule has 3 saturated heterocycles. The summed E-state index contributed by atoms with van der Waals surface area (Å²) in [6, 6.07) is 19.9. The third-order valence-corrected chi connectivity index (χ3v) is 13.2. The molecule has 63 heavy (non-hydrogen) atoms. The lowest BCUT2D eigenvalue weighted by molar-refractivity contribution is -0.136. The Labute approximate surface area is 364 Å². The van der Waals surface area contributed by atoms with Gasteiger partial charge in [-0.05, 0) is 97.8 Å². The van der Waals surface area contributed by atoms with Crippen LogP contribution < -0.4 is 26.4 Å². The summed E-state index contributed by atoms with van der Waals surface area (Å²) in [6.45, 7) is 9.39.